The van der Waals surface area contributed by atoms with Gasteiger partial charge in [0.15, 0.2) is 0 Å². The van der Waals surface area contributed by atoms with E-state index < -0.39 is 0 Å². The van der Waals surface area contributed by atoms with Crippen LogP contribution in [0.3, 0.4) is 0 Å². The fourth-order valence-electron chi connectivity index (χ4n) is 2.23. The van der Waals surface area contributed by atoms with E-state index in [0.717, 1.165) is 11.4 Å². The lowest BCUT2D eigenvalue weighted by Gasteiger charge is -2.23. The molecule has 1 saturated carbocycles. The van der Waals surface area contributed by atoms with Crippen molar-refractivity contribution >= 4 is 0 Å². The highest BCUT2D eigenvalue weighted by atomic mass is 16.3. The van der Waals surface area contributed by atoms with Crippen molar-refractivity contribution in [3.05, 3.63) is 17.0 Å². The van der Waals surface area contributed by atoms with Crippen LogP contribution in [0, 0.1) is 26.7 Å². The van der Waals surface area contributed by atoms with Gasteiger partial charge in [-0.25, -0.2) is 0 Å². The van der Waals surface area contributed by atoms with E-state index in [2.05, 4.69) is 12.0 Å². The Bertz CT molecular complexity index is 382. The Balaban J connectivity index is 2.28. The number of aliphatic hydroxyl groups is 1. The number of rotatable bonds is 4. The van der Waals surface area contributed by atoms with Crippen molar-refractivity contribution < 1.29 is 5.11 Å². The molecule has 2 atom stereocenters. The molecule has 0 aliphatic heterocycles. The van der Waals surface area contributed by atoms with Crippen molar-refractivity contribution in [2.45, 2.75) is 45.7 Å². The second kappa shape index (κ2) is 4.18. The first-order valence-electron chi connectivity index (χ1n) is 5.95. The van der Waals surface area contributed by atoms with Crippen LogP contribution in [-0.4, -0.2) is 27.5 Å². The fourth-order valence-corrected chi connectivity index (χ4v) is 2.23. The summed E-state index contributed by atoms with van der Waals surface area (Å²) in [5.41, 5.74) is 9.51. The molecule has 16 heavy (non-hydrogen) atoms. The van der Waals surface area contributed by atoms with Gasteiger partial charge in [0.25, 0.3) is 0 Å². The zero-order valence-corrected chi connectivity index (χ0v) is 10.3. The molecular formula is C12H21N3O. The molecule has 90 valence electrons. The van der Waals surface area contributed by atoms with Crippen LogP contribution < -0.4 is 5.73 Å². The van der Waals surface area contributed by atoms with Crippen LogP contribution in [0.2, 0.25) is 0 Å². The number of hydrogen-bond acceptors (Lipinski definition) is 3. The zero-order valence-electron chi connectivity index (χ0n) is 10.3. The van der Waals surface area contributed by atoms with Gasteiger partial charge in [-0.2, -0.15) is 5.10 Å². The maximum Gasteiger partial charge on any atom is 0.0906 e. The molecular weight excluding hydrogens is 202 g/mol. The molecule has 0 amide bonds. The normalized spacial score (nSPS) is 19.8. The summed E-state index contributed by atoms with van der Waals surface area (Å²) in [5, 5.41) is 14.0. The van der Waals surface area contributed by atoms with E-state index in [-0.39, 0.29) is 18.7 Å². The molecule has 4 heteroatoms. The first-order chi connectivity index (χ1) is 7.56. The van der Waals surface area contributed by atoms with Gasteiger partial charge in [0.1, 0.15) is 0 Å². The Morgan fingerprint density at radius 2 is 2.06 bits per heavy atom. The average Bonchev–Trinajstić information content (AvgIpc) is 3.06. The largest absolute Gasteiger partial charge is 0.394 e. The molecule has 1 aliphatic rings. The van der Waals surface area contributed by atoms with E-state index in [0.29, 0.717) is 5.92 Å². The molecule has 2 rings (SSSR count). The molecule has 1 fully saturated rings. The first kappa shape index (κ1) is 11.6. The van der Waals surface area contributed by atoms with E-state index in [1.54, 1.807) is 0 Å². The van der Waals surface area contributed by atoms with Gasteiger partial charge in [-0.15, -0.1) is 0 Å². The van der Waals surface area contributed by atoms with Crippen molar-refractivity contribution in [2.24, 2.45) is 11.7 Å². The summed E-state index contributed by atoms with van der Waals surface area (Å²) in [6.07, 6.45) is 2.38. The number of aryl methyl sites for hydroxylation is 1. The van der Waals surface area contributed by atoms with Crippen molar-refractivity contribution in [1.82, 2.24) is 9.78 Å². The van der Waals surface area contributed by atoms with Crippen molar-refractivity contribution in [1.29, 1.82) is 0 Å². The summed E-state index contributed by atoms with van der Waals surface area (Å²) in [4.78, 5) is 0. The molecule has 3 N–H and O–H groups in total. The van der Waals surface area contributed by atoms with E-state index in [1.165, 1.54) is 18.4 Å². The lowest BCUT2D eigenvalue weighted by atomic mass is 10.1. The molecule has 0 bridgehead atoms. The van der Waals surface area contributed by atoms with E-state index in [4.69, 9.17) is 5.73 Å². The lowest BCUT2D eigenvalue weighted by molar-refractivity contribution is 0.186. The predicted octanol–water partition coefficient (Wildman–Crippen LogP) is 1.08. The summed E-state index contributed by atoms with van der Waals surface area (Å²) >= 11 is 0. The van der Waals surface area contributed by atoms with Crippen LogP contribution in [0.15, 0.2) is 0 Å². The van der Waals surface area contributed by atoms with Gasteiger partial charge in [-0.3, -0.25) is 4.68 Å². The SMILES string of the molecule is Cc1nn(C(CO)C(N)C2CC2)c(C)c1C. The molecule has 1 aromatic rings. The summed E-state index contributed by atoms with van der Waals surface area (Å²) in [6.45, 7) is 6.16. The monoisotopic (exact) mass is 223 g/mol. The first-order valence-corrected chi connectivity index (χ1v) is 5.95. The van der Waals surface area contributed by atoms with Crippen LogP contribution in [0.1, 0.15) is 35.8 Å². The highest BCUT2D eigenvalue weighted by Gasteiger charge is 2.35. The zero-order chi connectivity index (χ0) is 11.9. The summed E-state index contributed by atoms with van der Waals surface area (Å²) in [6, 6.07) is -0.0395. The maximum atomic E-state index is 9.51. The highest BCUT2D eigenvalue weighted by Crippen LogP contribution is 2.36. The van der Waals surface area contributed by atoms with E-state index in [9.17, 15) is 5.11 Å². The van der Waals surface area contributed by atoms with Crippen LogP contribution in [0.25, 0.3) is 0 Å². The van der Waals surface area contributed by atoms with Crippen LogP contribution in [0.4, 0.5) is 0 Å². The van der Waals surface area contributed by atoms with Gasteiger partial charge < -0.3 is 10.8 Å². The average molecular weight is 223 g/mol. The van der Waals surface area contributed by atoms with Crippen molar-refractivity contribution in [3.8, 4) is 0 Å². The lowest BCUT2D eigenvalue weighted by Crippen LogP contribution is -2.37. The fraction of sp³-hybridized carbons (Fsp3) is 0.750. The minimum Gasteiger partial charge on any atom is -0.394 e. The molecule has 2 unspecified atom stereocenters. The highest BCUT2D eigenvalue weighted by molar-refractivity contribution is 5.23. The molecule has 0 aromatic carbocycles. The third-order valence-corrected chi connectivity index (χ3v) is 3.80. The standard InChI is InChI=1S/C12H21N3O/c1-7-8(2)14-15(9(7)3)11(6-16)12(13)10-4-5-10/h10-12,16H,4-6,13H2,1-3H3. The molecule has 1 aliphatic carbocycles. The Labute approximate surface area is 96.5 Å². The van der Waals surface area contributed by atoms with Gasteiger partial charge in [-0.1, -0.05) is 0 Å². The van der Waals surface area contributed by atoms with Crippen LogP contribution in [-0.2, 0) is 0 Å². The van der Waals surface area contributed by atoms with Gasteiger partial charge in [0.05, 0.1) is 18.3 Å². The molecule has 4 nitrogen and oxygen atoms in total. The number of nitrogens with two attached hydrogens (primary N) is 1. The number of hydrogen-bond donors (Lipinski definition) is 2. The van der Waals surface area contributed by atoms with Crippen LogP contribution in [0.5, 0.6) is 0 Å². The maximum absolute atomic E-state index is 9.51. The summed E-state index contributed by atoms with van der Waals surface area (Å²) in [5.74, 6) is 0.571. The van der Waals surface area contributed by atoms with Crippen molar-refractivity contribution in [3.63, 3.8) is 0 Å². The van der Waals surface area contributed by atoms with Crippen molar-refractivity contribution in [2.75, 3.05) is 6.61 Å². The minimum atomic E-state index is -0.0695. The quantitative estimate of drug-likeness (QED) is 0.802. The Morgan fingerprint density at radius 1 is 1.44 bits per heavy atom. The number of nitrogens with zero attached hydrogens (tertiary/aromatic N) is 2. The third-order valence-electron chi connectivity index (χ3n) is 3.80. The minimum absolute atomic E-state index is 0.0300. The number of aromatic nitrogens is 2. The second-order valence-corrected chi connectivity index (χ2v) is 4.91. The molecule has 1 heterocycles. The molecule has 0 spiro atoms. The van der Waals surface area contributed by atoms with E-state index in [1.807, 2.05) is 18.5 Å². The Hall–Kier alpha value is -0.870. The van der Waals surface area contributed by atoms with Crippen LogP contribution >= 0.6 is 0 Å². The molecule has 0 radical (unpaired) electrons. The predicted molar refractivity (Wildman–Crippen MR) is 63.3 cm³/mol. The smallest absolute Gasteiger partial charge is 0.0906 e. The summed E-state index contributed by atoms with van der Waals surface area (Å²) in [7, 11) is 0. The summed E-state index contributed by atoms with van der Waals surface area (Å²) < 4.78 is 1.91. The number of aliphatic hydroxyl groups excluding tert-OH is 1. The molecule has 1 aromatic heterocycles. The second-order valence-electron chi connectivity index (χ2n) is 4.91. The Morgan fingerprint density at radius 3 is 2.44 bits per heavy atom. The third kappa shape index (κ3) is 1.87. The van der Waals surface area contributed by atoms with Gasteiger partial charge in [0.2, 0.25) is 0 Å². The topological polar surface area (TPSA) is 64.1 Å². The van der Waals surface area contributed by atoms with Gasteiger partial charge in [0, 0.05) is 11.7 Å². The molecule has 0 saturated heterocycles. The Kier molecular flexibility index (Phi) is 3.04. The van der Waals surface area contributed by atoms with Gasteiger partial charge in [-0.05, 0) is 45.1 Å². The van der Waals surface area contributed by atoms with Gasteiger partial charge >= 0.3 is 0 Å². The van der Waals surface area contributed by atoms with E-state index >= 15 is 0 Å².